The fourth-order valence-electron chi connectivity index (χ4n) is 1.28. The SMILES string of the molecule is NC(=O)CCC(N)C(=O)NC(CCC(N)=O)C(N)=O. The molecule has 9 heteroatoms. The van der Waals surface area contributed by atoms with Gasteiger partial charge in [-0.05, 0) is 12.8 Å². The Labute approximate surface area is 110 Å². The first-order valence-electron chi connectivity index (χ1n) is 5.66. The zero-order chi connectivity index (χ0) is 15.0. The van der Waals surface area contributed by atoms with Gasteiger partial charge in [-0.1, -0.05) is 0 Å². The third kappa shape index (κ3) is 7.71. The highest BCUT2D eigenvalue weighted by molar-refractivity contribution is 5.89. The number of nitrogens with two attached hydrogens (primary N) is 4. The van der Waals surface area contributed by atoms with Crippen LogP contribution in [0.5, 0.6) is 0 Å². The van der Waals surface area contributed by atoms with E-state index in [1.54, 1.807) is 0 Å². The molecule has 2 atom stereocenters. The molecule has 0 bridgehead atoms. The van der Waals surface area contributed by atoms with Gasteiger partial charge < -0.3 is 28.3 Å². The minimum atomic E-state index is -1.03. The summed E-state index contributed by atoms with van der Waals surface area (Å²) in [5.41, 5.74) is 20.4. The van der Waals surface area contributed by atoms with Gasteiger partial charge in [-0.25, -0.2) is 0 Å². The standard InChI is InChI=1S/C10H19N5O4/c11-5(1-3-7(12)16)10(19)15-6(9(14)18)2-4-8(13)17/h5-6H,1-4,11H2,(H2,12,16)(H2,13,17)(H2,14,18)(H,15,19). The molecule has 2 unspecified atom stereocenters. The molecule has 0 saturated carbocycles. The molecule has 19 heavy (non-hydrogen) atoms. The molecule has 0 aliphatic rings. The molecule has 0 aromatic rings. The van der Waals surface area contributed by atoms with Gasteiger partial charge in [0.1, 0.15) is 6.04 Å². The van der Waals surface area contributed by atoms with E-state index < -0.39 is 35.7 Å². The molecule has 0 aromatic carbocycles. The fourth-order valence-corrected chi connectivity index (χ4v) is 1.28. The Morgan fingerprint density at radius 2 is 1.37 bits per heavy atom. The number of carbonyl (C=O) groups is 4. The smallest absolute Gasteiger partial charge is 0.240 e. The molecule has 0 aliphatic heterocycles. The summed E-state index contributed by atoms with van der Waals surface area (Å²) in [6.07, 6.45) is -0.0804. The molecule has 0 fully saturated rings. The normalized spacial score (nSPS) is 13.3. The van der Waals surface area contributed by atoms with Gasteiger partial charge in [0, 0.05) is 12.8 Å². The lowest BCUT2D eigenvalue weighted by atomic mass is 10.1. The highest BCUT2D eigenvalue weighted by atomic mass is 16.2. The van der Waals surface area contributed by atoms with Crippen LogP contribution in [0.15, 0.2) is 0 Å². The Bertz CT molecular complexity index is 371. The van der Waals surface area contributed by atoms with Crippen molar-refractivity contribution in [1.82, 2.24) is 5.32 Å². The summed E-state index contributed by atoms with van der Waals surface area (Å²) in [5, 5.41) is 2.30. The van der Waals surface area contributed by atoms with Crippen LogP contribution >= 0.6 is 0 Å². The second-order valence-electron chi connectivity index (χ2n) is 4.08. The highest BCUT2D eigenvalue weighted by Gasteiger charge is 2.22. The lowest BCUT2D eigenvalue weighted by molar-refractivity contribution is -0.129. The zero-order valence-corrected chi connectivity index (χ0v) is 10.4. The van der Waals surface area contributed by atoms with E-state index in [0.29, 0.717) is 0 Å². The summed E-state index contributed by atoms with van der Waals surface area (Å²) in [4.78, 5) is 43.8. The van der Waals surface area contributed by atoms with Gasteiger partial charge in [-0.2, -0.15) is 0 Å². The van der Waals surface area contributed by atoms with Crippen LogP contribution in [0.1, 0.15) is 25.7 Å². The molecule has 0 radical (unpaired) electrons. The van der Waals surface area contributed by atoms with E-state index in [4.69, 9.17) is 22.9 Å². The van der Waals surface area contributed by atoms with Gasteiger partial charge in [0.15, 0.2) is 0 Å². The molecule has 108 valence electrons. The highest BCUT2D eigenvalue weighted by Crippen LogP contribution is 1.99. The van der Waals surface area contributed by atoms with Gasteiger partial charge in [-0.15, -0.1) is 0 Å². The zero-order valence-electron chi connectivity index (χ0n) is 10.4. The van der Waals surface area contributed by atoms with Crippen molar-refractivity contribution in [3.63, 3.8) is 0 Å². The van der Waals surface area contributed by atoms with Crippen LogP contribution in [-0.4, -0.2) is 35.7 Å². The number of primary amides is 3. The number of hydrogen-bond acceptors (Lipinski definition) is 5. The summed E-state index contributed by atoms with van der Waals surface area (Å²) >= 11 is 0. The molecule has 0 heterocycles. The average molecular weight is 273 g/mol. The minimum absolute atomic E-state index is 0.00105. The maximum Gasteiger partial charge on any atom is 0.240 e. The van der Waals surface area contributed by atoms with E-state index in [1.165, 1.54) is 0 Å². The van der Waals surface area contributed by atoms with Crippen molar-refractivity contribution < 1.29 is 19.2 Å². The van der Waals surface area contributed by atoms with Gasteiger partial charge >= 0.3 is 0 Å². The van der Waals surface area contributed by atoms with Gasteiger partial charge in [0.25, 0.3) is 0 Å². The van der Waals surface area contributed by atoms with Crippen LogP contribution in [0.25, 0.3) is 0 Å². The molecule has 4 amide bonds. The summed E-state index contributed by atoms with van der Waals surface area (Å²) < 4.78 is 0. The van der Waals surface area contributed by atoms with Crippen LogP contribution in [0.3, 0.4) is 0 Å². The molecule has 0 saturated heterocycles. The molecular weight excluding hydrogens is 254 g/mol. The molecule has 9 N–H and O–H groups in total. The first-order valence-corrected chi connectivity index (χ1v) is 5.66. The Kier molecular flexibility index (Phi) is 7.12. The van der Waals surface area contributed by atoms with Crippen molar-refractivity contribution >= 4 is 23.6 Å². The van der Waals surface area contributed by atoms with Crippen LogP contribution in [0.2, 0.25) is 0 Å². The molecule has 0 aliphatic carbocycles. The number of amides is 4. The quantitative estimate of drug-likeness (QED) is 0.296. The number of rotatable bonds is 9. The van der Waals surface area contributed by atoms with Crippen molar-refractivity contribution in [3.8, 4) is 0 Å². The summed E-state index contributed by atoms with van der Waals surface area (Å²) in [6.45, 7) is 0. The van der Waals surface area contributed by atoms with Crippen molar-refractivity contribution in [1.29, 1.82) is 0 Å². The third-order valence-electron chi connectivity index (χ3n) is 2.38. The van der Waals surface area contributed by atoms with Crippen LogP contribution in [-0.2, 0) is 19.2 Å². The summed E-state index contributed by atoms with van der Waals surface area (Å²) in [7, 11) is 0. The van der Waals surface area contributed by atoms with E-state index in [0.717, 1.165) is 0 Å². The average Bonchev–Trinajstić information content (AvgIpc) is 2.30. The van der Waals surface area contributed by atoms with Gasteiger partial charge in [0.2, 0.25) is 23.6 Å². The van der Waals surface area contributed by atoms with E-state index in [-0.39, 0.29) is 25.7 Å². The minimum Gasteiger partial charge on any atom is -0.370 e. The molecule has 9 nitrogen and oxygen atoms in total. The Morgan fingerprint density at radius 1 is 0.895 bits per heavy atom. The van der Waals surface area contributed by atoms with Crippen LogP contribution in [0, 0.1) is 0 Å². The first kappa shape index (κ1) is 16.8. The largest absolute Gasteiger partial charge is 0.370 e. The molecule has 0 spiro atoms. The van der Waals surface area contributed by atoms with E-state index >= 15 is 0 Å². The topological polar surface area (TPSA) is 184 Å². The first-order chi connectivity index (χ1) is 8.73. The van der Waals surface area contributed by atoms with Gasteiger partial charge in [-0.3, -0.25) is 19.2 Å². The van der Waals surface area contributed by atoms with Crippen molar-refractivity contribution in [2.45, 2.75) is 37.8 Å². The Morgan fingerprint density at radius 3 is 1.79 bits per heavy atom. The predicted molar refractivity (Wildman–Crippen MR) is 66.0 cm³/mol. The lowest BCUT2D eigenvalue weighted by Crippen LogP contribution is -2.50. The van der Waals surface area contributed by atoms with Crippen molar-refractivity contribution in [2.75, 3.05) is 0 Å². The second-order valence-corrected chi connectivity index (χ2v) is 4.08. The maximum absolute atomic E-state index is 11.6. The van der Waals surface area contributed by atoms with E-state index in [1.807, 2.05) is 0 Å². The van der Waals surface area contributed by atoms with Gasteiger partial charge in [0.05, 0.1) is 6.04 Å². The summed E-state index contributed by atoms with van der Waals surface area (Å²) in [5.74, 6) is -2.63. The van der Waals surface area contributed by atoms with Crippen molar-refractivity contribution in [2.24, 2.45) is 22.9 Å². The van der Waals surface area contributed by atoms with E-state index in [2.05, 4.69) is 5.32 Å². The number of nitrogens with one attached hydrogen (secondary N) is 1. The fraction of sp³-hybridized carbons (Fsp3) is 0.600. The maximum atomic E-state index is 11.6. The Hall–Kier alpha value is -2.16. The third-order valence-corrected chi connectivity index (χ3v) is 2.38. The molecule has 0 rings (SSSR count). The monoisotopic (exact) mass is 273 g/mol. The summed E-state index contributed by atoms with van der Waals surface area (Å²) in [6, 6.07) is -2.01. The van der Waals surface area contributed by atoms with E-state index in [9.17, 15) is 19.2 Å². The predicted octanol–water partition coefficient (Wildman–Crippen LogP) is -3.19. The number of carbonyl (C=O) groups excluding carboxylic acids is 4. The lowest BCUT2D eigenvalue weighted by Gasteiger charge is -2.17. The van der Waals surface area contributed by atoms with Crippen LogP contribution < -0.4 is 28.3 Å². The van der Waals surface area contributed by atoms with Crippen molar-refractivity contribution in [3.05, 3.63) is 0 Å². The molecular formula is C10H19N5O4. The number of hydrogen-bond donors (Lipinski definition) is 5. The molecule has 0 aromatic heterocycles. The Balaban J connectivity index is 4.33. The van der Waals surface area contributed by atoms with Crippen LogP contribution in [0.4, 0.5) is 0 Å². The second kappa shape index (κ2) is 8.03.